The van der Waals surface area contributed by atoms with E-state index >= 15 is 0 Å². The molecule has 1 aromatic carbocycles. The molecule has 2 aliphatic heterocycles. The second-order valence-corrected chi connectivity index (χ2v) is 8.88. The van der Waals surface area contributed by atoms with Crippen LogP contribution in [0.1, 0.15) is 18.6 Å². The summed E-state index contributed by atoms with van der Waals surface area (Å²) >= 11 is 0. The van der Waals surface area contributed by atoms with E-state index in [4.69, 9.17) is 19.1 Å². The molecule has 1 fully saturated rings. The standard InChI is InChI=1S/C26H27N5O3/c32-19(6-7-20-3-2-13-34-20)9-11-30-16-18-17-33-14-12-31(18)26-24(30)15-28-25(29-26)22-4-1-5-23-21(22)8-10-27-23/h1-5,8,10,13,15,18,27H,6-7,9,11-12,14,16-17H2. The number of morpholine rings is 1. The summed E-state index contributed by atoms with van der Waals surface area (Å²) < 4.78 is 11.1. The number of ether oxygens (including phenoxy) is 1. The molecule has 0 radical (unpaired) electrons. The average molecular weight is 458 g/mol. The molecule has 0 saturated carbocycles. The molecule has 174 valence electrons. The van der Waals surface area contributed by atoms with Crippen LogP contribution in [0.3, 0.4) is 0 Å². The van der Waals surface area contributed by atoms with Crippen LogP contribution in [0.15, 0.2) is 59.5 Å². The third kappa shape index (κ3) is 3.94. The van der Waals surface area contributed by atoms with E-state index in [-0.39, 0.29) is 11.8 Å². The molecular formula is C26H27N5O3. The van der Waals surface area contributed by atoms with E-state index in [0.29, 0.717) is 44.8 Å². The van der Waals surface area contributed by atoms with Gasteiger partial charge < -0.3 is 23.9 Å². The Morgan fingerprint density at radius 1 is 1.18 bits per heavy atom. The molecule has 8 heteroatoms. The summed E-state index contributed by atoms with van der Waals surface area (Å²) in [4.78, 5) is 30.2. The zero-order valence-electron chi connectivity index (χ0n) is 18.9. The number of aryl methyl sites for hydroxylation is 1. The maximum absolute atomic E-state index is 12.6. The van der Waals surface area contributed by atoms with Crippen LogP contribution in [0.4, 0.5) is 11.5 Å². The third-order valence-electron chi connectivity index (χ3n) is 6.75. The number of hydrogen-bond acceptors (Lipinski definition) is 7. The van der Waals surface area contributed by atoms with Crippen molar-refractivity contribution in [3.63, 3.8) is 0 Å². The maximum atomic E-state index is 12.6. The van der Waals surface area contributed by atoms with Crippen molar-refractivity contribution in [1.29, 1.82) is 0 Å². The van der Waals surface area contributed by atoms with Gasteiger partial charge in [0, 0.05) is 61.6 Å². The van der Waals surface area contributed by atoms with Gasteiger partial charge in [-0.25, -0.2) is 9.97 Å². The summed E-state index contributed by atoms with van der Waals surface area (Å²) in [7, 11) is 0. The van der Waals surface area contributed by atoms with E-state index in [0.717, 1.165) is 46.8 Å². The second kappa shape index (κ2) is 8.95. The SMILES string of the molecule is O=C(CCc1ccco1)CCN1CC2COCCN2c2nc(-c3cccc4[nH]ccc34)ncc21. The van der Waals surface area contributed by atoms with Crippen LogP contribution >= 0.6 is 0 Å². The Morgan fingerprint density at radius 2 is 2.15 bits per heavy atom. The van der Waals surface area contributed by atoms with Gasteiger partial charge in [-0.1, -0.05) is 12.1 Å². The van der Waals surface area contributed by atoms with Gasteiger partial charge in [0.15, 0.2) is 11.6 Å². The first kappa shape index (κ1) is 20.9. The molecule has 1 N–H and O–H groups in total. The van der Waals surface area contributed by atoms with E-state index < -0.39 is 0 Å². The summed E-state index contributed by atoms with van der Waals surface area (Å²) in [6.45, 7) is 3.60. The van der Waals surface area contributed by atoms with Crippen LogP contribution in [0.2, 0.25) is 0 Å². The van der Waals surface area contributed by atoms with Gasteiger partial charge in [0.25, 0.3) is 0 Å². The van der Waals surface area contributed by atoms with Gasteiger partial charge in [-0.2, -0.15) is 0 Å². The van der Waals surface area contributed by atoms with Crippen molar-refractivity contribution in [3.05, 3.63) is 60.8 Å². The fourth-order valence-corrected chi connectivity index (χ4v) is 4.96. The second-order valence-electron chi connectivity index (χ2n) is 8.88. The number of nitrogens with one attached hydrogen (secondary N) is 1. The number of H-pyrrole nitrogens is 1. The number of fused-ring (bicyclic) bond motifs is 4. The van der Waals surface area contributed by atoms with E-state index in [1.807, 2.05) is 30.6 Å². The molecule has 2 aliphatic rings. The van der Waals surface area contributed by atoms with Gasteiger partial charge >= 0.3 is 0 Å². The lowest BCUT2D eigenvalue weighted by molar-refractivity contribution is -0.118. The van der Waals surface area contributed by atoms with Gasteiger partial charge in [-0.15, -0.1) is 0 Å². The smallest absolute Gasteiger partial charge is 0.162 e. The normalized spacial score (nSPS) is 17.6. The summed E-state index contributed by atoms with van der Waals surface area (Å²) in [6, 6.07) is 12.2. The van der Waals surface area contributed by atoms with Crippen molar-refractivity contribution in [2.45, 2.75) is 25.3 Å². The van der Waals surface area contributed by atoms with E-state index in [1.165, 1.54) is 0 Å². The Morgan fingerprint density at radius 3 is 3.06 bits per heavy atom. The first-order valence-electron chi connectivity index (χ1n) is 11.8. The number of rotatable bonds is 7. The molecule has 0 spiro atoms. The maximum Gasteiger partial charge on any atom is 0.162 e. The molecular weight excluding hydrogens is 430 g/mol. The molecule has 0 amide bonds. The van der Waals surface area contributed by atoms with Crippen molar-refractivity contribution in [2.75, 3.05) is 42.6 Å². The van der Waals surface area contributed by atoms with Gasteiger partial charge in [-0.3, -0.25) is 4.79 Å². The van der Waals surface area contributed by atoms with Crippen molar-refractivity contribution in [3.8, 4) is 11.4 Å². The Kier molecular flexibility index (Phi) is 5.50. The third-order valence-corrected chi connectivity index (χ3v) is 6.75. The molecule has 34 heavy (non-hydrogen) atoms. The Hall–Kier alpha value is -3.65. The van der Waals surface area contributed by atoms with E-state index in [2.05, 4.69) is 33.0 Å². The Labute approximate surface area is 197 Å². The lowest BCUT2D eigenvalue weighted by Crippen LogP contribution is -2.55. The number of aromatic nitrogens is 3. The molecule has 1 saturated heterocycles. The minimum Gasteiger partial charge on any atom is -0.469 e. The number of nitrogens with zero attached hydrogens (tertiary/aromatic N) is 4. The highest BCUT2D eigenvalue weighted by Crippen LogP contribution is 2.37. The van der Waals surface area contributed by atoms with Crippen molar-refractivity contribution < 1.29 is 13.9 Å². The molecule has 6 rings (SSSR count). The van der Waals surface area contributed by atoms with Crippen LogP contribution in [0, 0.1) is 0 Å². The lowest BCUT2D eigenvalue weighted by Gasteiger charge is -2.45. The number of furan rings is 1. The number of benzene rings is 1. The molecule has 1 unspecified atom stereocenters. The molecule has 8 nitrogen and oxygen atoms in total. The van der Waals surface area contributed by atoms with Gasteiger partial charge in [0.2, 0.25) is 0 Å². The summed E-state index contributed by atoms with van der Waals surface area (Å²) in [5.74, 6) is 2.73. The number of Topliss-reactive ketones (excluding diaryl/α,β-unsaturated/α-hetero) is 1. The summed E-state index contributed by atoms with van der Waals surface area (Å²) in [5, 5.41) is 1.11. The molecule has 1 atom stereocenters. The van der Waals surface area contributed by atoms with Gasteiger partial charge in [0.1, 0.15) is 11.5 Å². The average Bonchev–Trinajstić information content (AvgIpc) is 3.58. The van der Waals surface area contributed by atoms with Gasteiger partial charge in [0.05, 0.1) is 37.4 Å². The van der Waals surface area contributed by atoms with Crippen LogP contribution in [-0.2, 0) is 16.0 Å². The predicted molar refractivity (Wildman–Crippen MR) is 130 cm³/mol. The Bertz CT molecular complexity index is 1300. The first-order valence-corrected chi connectivity index (χ1v) is 11.8. The summed E-state index contributed by atoms with van der Waals surface area (Å²) in [6.07, 6.45) is 7.12. The minimum atomic E-state index is 0.213. The van der Waals surface area contributed by atoms with Crippen LogP contribution in [0.25, 0.3) is 22.3 Å². The largest absolute Gasteiger partial charge is 0.469 e. The minimum absolute atomic E-state index is 0.213. The highest BCUT2D eigenvalue weighted by molar-refractivity contribution is 5.93. The zero-order chi connectivity index (χ0) is 22.9. The van der Waals surface area contributed by atoms with Gasteiger partial charge in [-0.05, 0) is 24.3 Å². The van der Waals surface area contributed by atoms with Crippen LogP contribution in [0.5, 0.6) is 0 Å². The molecule has 5 heterocycles. The monoisotopic (exact) mass is 457 g/mol. The molecule has 4 aromatic rings. The van der Waals surface area contributed by atoms with Crippen molar-refractivity contribution >= 4 is 28.2 Å². The van der Waals surface area contributed by atoms with Crippen molar-refractivity contribution in [1.82, 2.24) is 15.0 Å². The lowest BCUT2D eigenvalue weighted by atomic mass is 10.1. The number of aromatic amines is 1. The number of hydrogen-bond donors (Lipinski definition) is 1. The highest BCUT2D eigenvalue weighted by Gasteiger charge is 2.35. The Balaban J connectivity index is 1.26. The predicted octanol–water partition coefficient (Wildman–Crippen LogP) is 3.84. The molecule has 0 aliphatic carbocycles. The molecule has 0 bridgehead atoms. The quantitative estimate of drug-likeness (QED) is 0.451. The number of ketones is 1. The van der Waals surface area contributed by atoms with Crippen molar-refractivity contribution in [2.24, 2.45) is 0 Å². The fourth-order valence-electron chi connectivity index (χ4n) is 4.96. The highest BCUT2D eigenvalue weighted by atomic mass is 16.5. The van der Waals surface area contributed by atoms with Crippen LogP contribution in [-0.4, -0.2) is 59.6 Å². The summed E-state index contributed by atoms with van der Waals surface area (Å²) in [5.41, 5.74) is 3.07. The molecule has 3 aromatic heterocycles. The zero-order valence-corrected chi connectivity index (χ0v) is 18.9. The topological polar surface area (TPSA) is 87.5 Å². The number of carbonyl (C=O) groups excluding carboxylic acids is 1. The fraction of sp³-hybridized carbons (Fsp3) is 0.346. The number of carbonyl (C=O) groups is 1. The van der Waals surface area contributed by atoms with E-state index in [1.54, 1.807) is 6.26 Å². The first-order chi connectivity index (χ1) is 16.8. The number of anilines is 2. The van der Waals surface area contributed by atoms with E-state index in [9.17, 15) is 4.79 Å². The van der Waals surface area contributed by atoms with Crippen LogP contribution < -0.4 is 9.80 Å².